The summed E-state index contributed by atoms with van der Waals surface area (Å²) < 4.78 is 1.83. The number of para-hydroxylation sites is 1. The second-order valence-corrected chi connectivity index (χ2v) is 5.65. The summed E-state index contributed by atoms with van der Waals surface area (Å²) in [5.41, 5.74) is 1.36. The van der Waals surface area contributed by atoms with Gasteiger partial charge in [-0.3, -0.25) is 14.2 Å². The van der Waals surface area contributed by atoms with Gasteiger partial charge in [0, 0.05) is 18.8 Å². The summed E-state index contributed by atoms with van der Waals surface area (Å²) in [6, 6.07) is 9.63. The van der Waals surface area contributed by atoms with E-state index in [0.717, 1.165) is 10.8 Å². The monoisotopic (exact) mass is 316 g/mol. The predicted molar refractivity (Wildman–Crippen MR) is 84.3 cm³/mol. The van der Waals surface area contributed by atoms with Crippen LogP contribution in [0.4, 0.5) is 0 Å². The summed E-state index contributed by atoms with van der Waals surface area (Å²) in [7, 11) is 0. The minimum atomic E-state index is -0.175. The van der Waals surface area contributed by atoms with E-state index in [1.165, 1.54) is 11.8 Å². The summed E-state index contributed by atoms with van der Waals surface area (Å²) in [4.78, 5) is 30.1. The molecule has 0 atom stereocenters. The van der Waals surface area contributed by atoms with Gasteiger partial charge in [-0.25, -0.2) is 4.98 Å². The van der Waals surface area contributed by atoms with Gasteiger partial charge in [0.2, 0.25) is 5.91 Å². The molecule has 1 N–H and O–H groups in total. The molecule has 2 heterocycles. The van der Waals surface area contributed by atoms with Crippen LogP contribution < -0.4 is 5.32 Å². The number of amides is 2. The lowest BCUT2D eigenvalue weighted by molar-refractivity contribution is -0.123. The number of piperazine rings is 1. The molecule has 2 amide bonds. The highest BCUT2D eigenvalue weighted by Gasteiger charge is 2.26. The Balaban J connectivity index is 1.99. The summed E-state index contributed by atoms with van der Waals surface area (Å²) in [6.45, 7) is 1.09. The van der Waals surface area contributed by atoms with Gasteiger partial charge < -0.3 is 10.2 Å². The number of aromatic nitrogens is 2. The van der Waals surface area contributed by atoms with Gasteiger partial charge in [0.15, 0.2) is 5.16 Å². The summed E-state index contributed by atoms with van der Waals surface area (Å²) in [5.74, 6) is -0.304. The van der Waals surface area contributed by atoms with Gasteiger partial charge >= 0.3 is 0 Å². The fourth-order valence-corrected chi connectivity index (χ4v) is 2.97. The second-order valence-electron chi connectivity index (χ2n) is 4.88. The Kier molecular flexibility index (Phi) is 4.15. The molecule has 3 rings (SSSR count). The highest BCUT2D eigenvalue weighted by Crippen LogP contribution is 2.22. The fourth-order valence-electron chi connectivity index (χ4n) is 2.43. The maximum Gasteiger partial charge on any atom is 0.273 e. The third kappa shape index (κ3) is 2.71. The lowest BCUT2D eigenvalue weighted by atomic mass is 10.2. The number of carbonyl (C=O) groups is 2. The zero-order valence-corrected chi connectivity index (χ0v) is 13.0. The van der Waals surface area contributed by atoms with Crippen LogP contribution in [0.5, 0.6) is 0 Å². The molecule has 0 saturated carbocycles. The molecule has 7 heteroatoms. The van der Waals surface area contributed by atoms with E-state index in [1.54, 1.807) is 11.1 Å². The molecule has 0 unspecified atom stereocenters. The number of thioether (sulfide) groups is 1. The van der Waals surface area contributed by atoms with Gasteiger partial charge in [-0.15, -0.1) is 0 Å². The quantitative estimate of drug-likeness (QED) is 0.863. The Morgan fingerprint density at radius 3 is 2.77 bits per heavy atom. The zero-order valence-electron chi connectivity index (χ0n) is 12.2. The Morgan fingerprint density at radius 2 is 2.09 bits per heavy atom. The van der Waals surface area contributed by atoms with E-state index in [0.29, 0.717) is 18.8 Å². The molecule has 1 fully saturated rings. The van der Waals surface area contributed by atoms with Crippen LogP contribution in [-0.2, 0) is 4.79 Å². The number of carbonyl (C=O) groups excluding carboxylic acids is 2. The van der Waals surface area contributed by atoms with Crippen LogP contribution in [0, 0.1) is 0 Å². The number of nitrogens with one attached hydrogen (secondary N) is 1. The molecule has 1 aliphatic rings. The van der Waals surface area contributed by atoms with Crippen LogP contribution in [0.15, 0.2) is 41.7 Å². The van der Waals surface area contributed by atoms with Crippen molar-refractivity contribution in [3.63, 3.8) is 0 Å². The molecule has 22 heavy (non-hydrogen) atoms. The van der Waals surface area contributed by atoms with Crippen molar-refractivity contribution in [1.82, 2.24) is 19.8 Å². The standard InChI is InChI=1S/C15H16N4O2S/c1-22-15-17-9-12(19(15)11-5-3-2-4-6-11)14(21)18-8-7-16-13(20)10-18/h2-6,9H,7-8,10H2,1H3,(H,16,20). The first kappa shape index (κ1) is 14.6. The van der Waals surface area contributed by atoms with Crippen LogP contribution in [0.2, 0.25) is 0 Å². The van der Waals surface area contributed by atoms with Gasteiger partial charge in [0.1, 0.15) is 5.69 Å². The highest BCUT2D eigenvalue weighted by atomic mass is 32.2. The van der Waals surface area contributed by atoms with Crippen LogP contribution in [-0.4, -0.2) is 52.2 Å². The van der Waals surface area contributed by atoms with Crippen LogP contribution in [0.25, 0.3) is 5.69 Å². The van der Waals surface area contributed by atoms with Gasteiger partial charge in [0.25, 0.3) is 5.91 Å². The lowest BCUT2D eigenvalue weighted by Gasteiger charge is -2.26. The van der Waals surface area contributed by atoms with Crippen molar-refractivity contribution in [3.05, 3.63) is 42.2 Å². The van der Waals surface area contributed by atoms with Crippen molar-refractivity contribution in [2.75, 3.05) is 25.9 Å². The number of nitrogens with zero attached hydrogens (tertiary/aromatic N) is 3. The van der Waals surface area contributed by atoms with E-state index in [9.17, 15) is 9.59 Å². The van der Waals surface area contributed by atoms with Crippen molar-refractivity contribution >= 4 is 23.6 Å². The number of hydrogen-bond acceptors (Lipinski definition) is 4. The van der Waals surface area contributed by atoms with Crippen molar-refractivity contribution in [1.29, 1.82) is 0 Å². The smallest absolute Gasteiger partial charge is 0.273 e. The molecular formula is C15H16N4O2S. The van der Waals surface area contributed by atoms with Crippen LogP contribution in [0.3, 0.4) is 0 Å². The summed E-state index contributed by atoms with van der Waals surface area (Å²) in [6.07, 6.45) is 3.50. The molecule has 6 nitrogen and oxygen atoms in total. The number of rotatable bonds is 3. The second kappa shape index (κ2) is 6.23. The van der Waals surface area contributed by atoms with Crippen molar-refractivity contribution in [2.45, 2.75) is 5.16 Å². The van der Waals surface area contributed by atoms with E-state index < -0.39 is 0 Å². The van der Waals surface area contributed by atoms with E-state index in [1.807, 2.05) is 41.2 Å². The minimum absolute atomic E-state index is 0.0907. The molecule has 114 valence electrons. The average Bonchev–Trinajstić information content (AvgIpc) is 2.99. The molecule has 1 aromatic heterocycles. The third-order valence-corrected chi connectivity index (χ3v) is 4.12. The fraction of sp³-hybridized carbons (Fsp3) is 0.267. The predicted octanol–water partition coefficient (Wildman–Crippen LogP) is 1.17. The molecule has 0 aliphatic carbocycles. The summed E-state index contributed by atoms with van der Waals surface area (Å²) in [5, 5.41) is 3.47. The van der Waals surface area contributed by atoms with Crippen molar-refractivity contribution < 1.29 is 9.59 Å². The highest BCUT2D eigenvalue weighted by molar-refractivity contribution is 7.98. The largest absolute Gasteiger partial charge is 0.353 e. The number of hydrogen-bond donors (Lipinski definition) is 1. The van der Waals surface area contributed by atoms with Crippen LogP contribution in [0.1, 0.15) is 10.5 Å². The molecule has 1 aliphatic heterocycles. The molecule has 1 saturated heterocycles. The van der Waals surface area contributed by atoms with Gasteiger partial charge in [-0.05, 0) is 18.4 Å². The molecule has 1 aromatic carbocycles. The minimum Gasteiger partial charge on any atom is -0.353 e. The molecule has 0 bridgehead atoms. The van der Waals surface area contributed by atoms with E-state index in [4.69, 9.17) is 0 Å². The summed E-state index contributed by atoms with van der Waals surface area (Å²) >= 11 is 1.48. The van der Waals surface area contributed by atoms with E-state index in [-0.39, 0.29) is 18.4 Å². The van der Waals surface area contributed by atoms with Crippen LogP contribution >= 0.6 is 11.8 Å². The molecular weight excluding hydrogens is 300 g/mol. The zero-order chi connectivity index (χ0) is 15.5. The third-order valence-electron chi connectivity index (χ3n) is 3.47. The lowest BCUT2D eigenvalue weighted by Crippen LogP contribution is -2.50. The maximum atomic E-state index is 12.7. The Bertz CT molecular complexity index is 699. The van der Waals surface area contributed by atoms with E-state index >= 15 is 0 Å². The first-order chi connectivity index (χ1) is 10.7. The van der Waals surface area contributed by atoms with Gasteiger partial charge in [-0.1, -0.05) is 30.0 Å². The molecule has 0 radical (unpaired) electrons. The van der Waals surface area contributed by atoms with Crippen molar-refractivity contribution in [2.24, 2.45) is 0 Å². The average molecular weight is 316 g/mol. The van der Waals surface area contributed by atoms with E-state index in [2.05, 4.69) is 10.3 Å². The SMILES string of the molecule is CSc1ncc(C(=O)N2CCNC(=O)C2)n1-c1ccccc1. The normalized spacial score (nSPS) is 14.8. The number of imidazole rings is 1. The molecule has 0 spiro atoms. The number of benzene rings is 1. The first-order valence-corrected chi connectivity index (χ1v) is 8.16. The Hall–Kier alpha value is -2.28. The first-order valence-electron chi connectivity index (χ1n) is 6.94. The Morgan fingerprint density at radius 1 is 1.32 bits per heavy atom. The van der Waals surface area contributed by atoms with Gasteiger partial charge in [0.05, 0.1) is 12.7 Å². The Labute approximate surface area is 132 Å². The maximum absolute atomic E-state index is 12.7. The van der Waals surface area contributed by atoms with Crippen molar-refractivity contribution in [3.8, 4) is 5.69 Å². The topological polar surface area (TPSA) is 67.2 Å². The van der Waals surface area contributed by atoms with Gasteiger partial charge in [-0.2, -0.15) is 0 Å². The molecule has 2 aromatic rings.